The number of hydrogen-bond acceptors (Lipinski definition) is 4. The molecule has 0 fully saturated rings. The fourth-order valence-corrected chi connectivity index (χ4v) is 1.03. The molecule has 1 aromatic carbocycles. The van der Waals surface area contributed by atoms with E-state index >= 15 is 0 Å². The van der Waals surface area contributed by atoms with Gasteiger partial charge in [0.2, 0.25) is 0 Å². The van der Waals surface area contributed by atoms with E-state index in [9.17, 15) is 4.79 Å². The molecule has 0 saturated carbocycles. The van der Waals surface area contributed by atoms with Crippen molar-refractivity contribution in [2.45, 2.75) is 12.6 Å². The van der Waals surface area contributed by atoms with E-state index in [0.717, 1.165) is 5.56 Å². The SMILES string of the molecule is [2H]COC[C@H](N)C(=O)OCc1ccccc1. The average molecular weight is 210 g/mol. The van der Waals surface area contributed by atoms with E-state index in [1.54, 1.807) is 0 Å². The van der Waals surface area contributed by atoms with Gasteiger partial charge in [-0.25, -0.2) is 0 Å². The van der Waals surface area contributed by atoms with Crippen molar-refractivity contribution in [3.05, 3.63) is 35.9 Å². The first-order chi connectivity index (χ1) is 7.74. The largest absolute Gasteiger partial charge is 0.460 e. The second kappa shape index (κ2) is 6.16. The molecule has 0 aliphatic rings. The van der Waals surface area contributed by atoms with Crippen molar-refractivity contribution < 1.29 is 15.6 Å². The highest BCUT2D eigenvalue weighted by molar-refractivity contribution is 5.75. The summed E-state index contributed by atoms with van der Waals surface area (Å²) in [6.45, 7) is 0.214. The number of hydrogen-bond donors (Lipinski definition) is 1. The summed E-state index contributed by atoms with van der Waals surface area (Å²) < 4.78 is 16.4. The van der Waals surface area contributed by atoms with Crippen LogP contribution in [0, 0.1) is 0 Å². The van der Waals surface area contributed by atoms with Gasteiger partial charge in [-0.2, -0.15) is 0 Å². The van der Waals surface area contributed by atoms with Gasteiger partial charge in [0.1, 0.15) is 12.6 Å². The molecule has 1 aromatic rings. The van der Waals surface area contributed by atoms with Crippen LogP contribution in [0.5, 0.6) is 0 Å². The van der Waals surface area contributed by atoms with E-state index in [2.05, 4.69) is 0 Å². The molecule has 0 radical (unpaired) electrons. The van der Waals surface area contributed by atoms with Crippen molar-refractivity contribution in [1.29, 1.82) is 0 Å². The van der Waals surface area contributed by atoms with E-state index in [0.29, 0.717) is 0 Å². The van der Waals surface area contributed by atoms with Crippen molar-refractivity contribution in [2.75, 3.05) is 13.7 Å². The van der Waals surface area contributed by atoms with Crippen LogP contribution >= 0.6 is 0 Å². The molecule has 0 aromatic heterocycles. The minimum absolute atomic E-state index is 0.0110. The van der Waals surface area contributed by atoms with Crippen LogP contribution < -0.4 is 5.73 Å². The highest BCUT2D eigenvalue weighted by atomic mass is 16.5. The first-order valence-corrected chi connectivity index (χ1v) is 4.57. The third-order valence-electron chi connectivity index (χ3n) is 1.82. The van der Waals surface area contributed by atoms with Gasteiger partial charge in [0, 0.05) is 7.09 Å². The maximum Gasteiger partial charge on any atom is 0.325 e. The minimum atomic E-state index is -0.825. The number of rotatable bonds is 5. The van der Waals surface area contributed by atoms with E-state index in [-0.39, 0.29) is 20.3 Å². The van der Waals surface area contributed by atoms with Crippen LogP contribution in [0.4, 0.5) is 0 Å². The average Bonchev–Trinajstić information content (AvgIpc) is 2.34. The Bertz CT molecular complexity index is 318. The van der Waals surface area contributed by atoms with Gasteiger partial charge in [0.05, 0.1) is 7.98 Å². The zero-order valence-electron chi connectivity index (χ0n) is 9.39. The molecule has 1 rings (SSSR count). The third kappa shape index (κ3) is 4.10. The van der Waals surface area contributed by atoms with Crippen LogP contribution in [0.25, 0.3) is 0 Å². The Balaban J connectivity index is 2.29. The standard InChI is InChI=1S/C11H15NO3/c1-14-8-10(12)11(13)15-7-9-5-3-2-4-6-9/h2-6,10H,7-8,12H2,1H3/t10-/m0/s1/i1D. The highest BCUT2D eigenvalue weighted by Gasteiger charge is 2.14. The van der Waals surface area contributed by atoms with Crippen LogP contribution in [-0.4, -0.2) is 25.7 Å². The zero-order chi connectivity index (χ0) is 11.8. The smallest absolute Gasteiger partial charge is 0.325 e. The van der Waals surface area contributed by atoms with Crippen LogP contribution in [0.2, 0.25) is 0 Å². The maximum atomic E-state index is 11.3. The van der Waals surface area contributed by atoms with Crippen molar-refractivity contribution in [3.8, 4) is 0 Å². The van der Waals surface area contributed by atoms with Crippen molar-refractivity contribution in [3.63, 3.8) is 0 Å². The molecule has 0 aliphatic heterocycles. The van der Waals surface area contributed by atoms with E-state index in [4.69, 9.17) is 16.6 Å². The molecule has 2 N–H and O–H groups in total. The monoisotopic (exact) mass is 210 g/mol. The molecule has 4 nitrogen and oxygen atoms in total. The van der Waals surface area contributed by atoms with E-state index in [1.165, 1.54) is 0 Å². The molecular weight excluding hydrogens is 194 g/mol. The number of carbonyl (C=O) groups is 1. The third-order valence-corrected chi connectivity index (χ3v) is 1.82. The van der Waals surface area contributed by atoms with Gasteiger partial charge < -0.3 is 15.2 Å². The molecule has 0 aliphatic carbocycles. The summed E-state index contributed by atoms with van der Waals surface area (Å²) in [6, 6.07) is 8.52. The number of ether oxygens (including phenoxy) is 2. The predicted molar refractivity (Wildman–Crippen MR) is 56.1 cm³/mol. The highest BCUT2D eigenvalue weighted by Crippen LogP contribution is 2.01. The summed E-state index contributed by atoms with van der Waals surface area (Å²) in [5.74, 6) is -0.516. The van der Waals surface area contributed by atoms with E-state index in [1.807, 2.05) is 30.3 Å². The van der Waals surface area contributed by atoms with Crippen molar-refractivity contribution >= 4 is 5.97 Å². The molecule has 0 amide bonds. The summed E-state index contributed by atoms with van der Waals surface area (Å²) in [5.41, 5.74) is 6.39. The lowest BCUT2D eigenvalue weighted by Gasteiger charge is -2.10. The van der Waals surface area contributed by atoms with Crippen LogP contribution in [-0.2, 0) is 20.9 Å². The van der Waals surface area contributed by atoms with Gasteiger partial charge in [-0.3, -0.25) is 4.79 Å². The second-order valence-corrected chi connectivity index (χ2v) is 3.07. The Kier molecular flexibility index (Phi) is 4.16. The zero-order valence-corrected chi connectivity index (χ0v) is 8.39. The van der Waals surface area contributed by atoms with Crippen molar-refractivity contribution in [2.24, 2.45) is 5.73 Å². The normalized spacial score (nSPS) is 13.0. The Hall–Kier alpha value is -1.39. The predicted octanol–water partition coefficient (Wildman–Crippen LogP) is 0.703. The molecule has 15 heavy (non-hydrogen) atoms. The summed E-state index contributed by atoms with van der Waals surface area (Å²) >= 11 is 0. The fraction of sp³-hybridized carbons (Fsp3) is 0.364. The molecule has 0 spiro atoms. The summed E-state index contributed by atoms with van der Waals surface area (Å²) in [4.78, 5) is 11.3. The Labute approximate surface area is 90.4 Å². The van der Waals surface area contributed by atoms with Gasteiger partial charge >= 0.3 is 5.97 Å². The first-order valence-electron chi connectivity index (χ1n) is 5.28. The van der Waals surface area contributed by atoms with Gasteiger partial charge in [0.25, 0.3) is 0 Å². The molecule has 0 saturated heterocycles. The maximum absolute atomic E-state index is 11.3. The number of benzene rings is 1. The Morgan fingerprint density at radius 3 is 2.93 bits per heavy atom. The van der Waals surface area contributed by atoms with Gasteiger partial charge in [0.15, 0.2) is 0 Å². The summed E-state index contributed by atoms with van der Waals surface area (Å²) in [5, 5.41) is 0. The van der Waals surface area contributed by atoms with Crippen LogP contribution in [0.15, 0.2) is 30.3 Å². The minimum Gasteiger partial charge on any atom is -0.460 e. The number of methoxy groups -OCH3 is 1. The number of carbonyl (C=O) groups excluding carboxylic acids is 1. The summed E-state index contributed by atoms with van der Waals surface area (Å²) in [7, 11) is -0.209. The first kappa shape index (κ1) is 10.1. The van der Waals surface area contributed by atoms with Gasteiger partial charge in [-0.05, 0) is 5.56 Å². The molecule has 0 heterocycles. The number of nitrogens with two attached hydrogens (primary N) is 1. The van der Waals surface area contributed by atoms with Gasteiger partial charge in [-0.1, -0.05) is 30.3 Å². The number of esters is 1. The second-order valence-electron chi connectivity index (χ2n) is 3.07. The summed E-state index contributed by atoms with van der Waals surface area (Å²) in [6.07, 6.45) is 0. The lowest BCUT2D eigenvalue weighted by Crippen LogP contribution is -2.36. The van der Waals surface area contributed by atoms with Gasteiger partial charge in [-0.15, -0.1) is 0 Å². The van der Waals surface area contributed by atoms with Crippen LogP contribution in [0.3, 0.4) is 0 Å². The quantitative estimate of drug-likeness (QED) is 0.727. The lowest BCUT2D eigenvalue weighted by molar-refractivity contribution is -0.147. The van der Waals surface area contributed by atoms with E-state index < -0.39 is 12.0 Å². The molecule has 0 unspecified atom stereocenters. The fourth-order valence-electron chi connectivity index (χ4n) is 1.03. The Morgan fingerprint density at radius 2 is 2.27 bits per heavy atom. The van der Waals surface area contributed by atoms with Crippen LogP contribution in [0.1, 0.15) is 6.93 Å². The lowest BCUT2D eigenvalue weighted by atomic mass is 10.2. The molecule has 0 bridgehead atoms. The molecule has 82 valence electrons. The Morgan fingerprint density at radius 1 is 1.53 bits per heavy atom. The van der Waals surface area contributed by atoms with Crippen molar-refractivity contribution in [1.82, 2.24) is 0 Å². The molecule has 4 heteroatoms. The topological polar surface area (TPSA) is 61.5 Å². The molecule has 1 atom stereocenters. The molecular formula is C11H15NO3.